The number of urea groups is 1. The van der Waals surface area contributed by atoms with Crippen LogP contribution in [-0.2, 0) is 9.53 Å². The van der Waals surface area contributed by atoms with Crippen molar-refractivity contribution >= 4 is 12.0 Å². The van der Waals surface area contributed by atoms with Crippen LogP contribution in [0.5, 0.6) is 0 Å². The first-order valence-corrected chi connectivity index (χ1v) is 7.40. The molecule has 0 aromatic carbocycles. The molecule has 6 heteroatoms. The van der Waals surface area contributed by atoms with Gasteiger partial charge < -0.3 is 20.1 Å². The molecule has 0 aromatic rings. The van der Waals surface area contributed by atoms with Crippen LogP contribution in [0.1, 0.15) is 48.0 Å². The molecule has 0 radical (unpaired) electrons. The predicted octanol–water partition coefficient (Wildman–Crippen LogP) is 2.08. The third kappa shape index (κ3) is 5.53. The van der Waals surface area contributed by atoms with Gasteiger partial charge in [0.15, 0.2) is 0 Å². The number of aliphatic carboxylic acids is 1. The van der Waals surface area contributed by atoms with Crippen LogP contribution in [-0.4, -0.2) is 52.3 Å². The van der Waals surface area contributed by atoms with Gasteiger partial charge in [-0.15, -0.1) is 0 Å². The van der Waals surface area contributed by atoms with Crippen molar-refractivity contribution in [3.8, 4) is 0 Å². The van der Waals surface area contributed by atoms with Crippen LogP contribution in [0.2, 0.25) is 0 Å². The number of carboxylic acids is 1. The highest BCUT2D eigenvalue weighted by atomic mass is 16.5. The monoisotopic (exact) mass is 300 g/mol. The standard InChI is InChI=1S/C15H28N2O4/c1-10(2)7-11(12(18)19)16-13(20)17-8-14(3,4)21-15(5,6)9-17/h10-11H,7-9H2,1-6H3,(H,16,20)(H,18,19)/t11-/m1/s1. The molecule has 2 N–H and O–H groups in total. The number of hydrogen-bond acceptors (Lipinski definition) is 3. The van der Waals surface area contributed by atoms with Crippen LogP contribution in [0.3, 0.4) is 0 Å². The fraction of sp³-hybridized carbons (Fsp3) is 0.867. The predicted molar refractivity (Wildman–Crippen MR) is 80.2 cm³/mol. The summed E-state index contributed by atoms with van der Waals surface area (Å²) in [7, 11) is 0. The fourth-order valence-corrected chi connectivity index (χ4v) is 2.86. The van der Waals surface area contributed by atoms with Gasteiger partial charge in [0.1, 0.15) is 6.04 Å². The van der Waals surface area contributed by atoms with Crippen molar-refractivity contribution in [2.24, 2.45) is 5.92 Å². The van der Waals surface area contributed by atoms with Gasteiger partial charge in [0, 0.05) is 0 Å². The van der Waals surface area contributed by atoms with Crippen LogP contribution in [0.15, 0.2) is 0 Å². The molecule has 1 aliphatic heterocycles. The molecule has 122 valence electrons. The van der Waals surface area contributed by atoms with E-state index in [0.717, 1.165) is 0 Å². The fourth-order valence-electron chi connectivity index (χ4n) is 2.86. The van der Waals surface area contributed by atoms with E-state index < -0.39 is 23.2 Å². The number of nitrogens with one attached hydrogen (secondary N) is 1. The molecule has 0 aliphatic carbocycles. The average Bonchev–Trinajstić information content (AvgIpc) is 2.22. The Morgan fingerprint density at radius 3 is 2.05 bits per heavy atom. The molecule has 1 aliphatic rings. The van der Waals surface area contributed by atoms with Crippen molar-refractivity contribution in [3.05, 3.63) is 0 Å². The third-order valence-corrected chi connectivity index (χ3v) is 3.29. The summed E-state index contributed by atoms with van der Waals surface area (Å²) in [5.74, 6) is -0.798. The number of carboxylic acid groups (broad SMARTS) is 1. The minimum Gasteiger partial charge on any atom is -0.480 e. The van der Waals surface area contributed by atoms with Gasteiger partial charge in [-0.05, 0) is 40.0 Å². The molecule has 1 fully saturated rings. The third-order valence-electron chi connectivity index (χ3n) is 3.29. The zero-order valence-corrected chi connectivity index (χ0v) is 13.9. The van der Waals surface area contributed by atoms with Gasteiger partial charge in [0.05, 0.1) is 24.3 Å². The van der Waals surface area contributed by atoms with E-state index in [0.29, 0.717) is 19.5 Å². The van der Waals surface area contributed by atoms with Crippen LogP contribution >= 0.6 is 0 Å². The van der Waals surface area contributed by atoms with Gasteiger partial charge in [0.2, 0.25) is 0 Å². The normalized spacial score (nSPS) is 22.0. The molecule has 1 atom stereocenters. The van der Waals surface area contributed by atoms with Gasteiger partial charge in [-0.3, -0.25) is 0 Å². The van der Waals surface area contributed by atoms with E-state index in [1.54, 1.807) is 4.90 Å². The smallest absolute Gasteiger partial charge is 0.326 e. The zero-order chi connectivity index (χ0) is 16.4. The summed E-state index contributed by atoms with van der Waals surface area (Å²) in [6.07, 6.45) is 0.415. The van der Waals surface area contributed by atoms with E-state index >= 15 is 0 Å². The van der Waals surface area contributed by atoms with Crippen molar-refractivity contribution in [1.29, 1.82) is 0 Å². The topological polar surface area (TPSA) is 78.9 Å². The van der Waals surface area contributed by atoms with E-state index in [9.17, 15) is 14.7 Å². The molecular formula is C15H28N2O4. The maximum atomic E-state index is 12.4. The summed E-state index contributed by atoms with van der Waals surface area (Å²) in [4.78, 5) is 25.3. The zero-order valence-electron chi connectivity index (χ0n) is 13.9. The van der Waals surface area contributed by atoms with Crippen molar-refractivity contribution < 1.29 is 19.4 Å². The van der Waals surface area contributed by atoms with Crippen LogP contribution in [0, 0.1) is 5.92 Å². The van der Waals surface area contributed by atoms with E-state index in [4.69, 9.17) is 4.74 Å². The van der Waals surface area contributed by atoms with Crippen molar-refractivity contribution in [3.63, 3.8) is 0 Å². The molecule has 0 saturated carbocycles. The van der Waals surface area contributed by atoms with E-state index in [1.807, 2.05) is 41.5 Å². The lowest BCUT2D eigenvalue weighted by Crippen LogP contribution is -2.61. The first kappa shape index (κ1) is 17.8. The first-order valence-electron chi connectivity index (χ1n) is 7.40. The number of carbonyl (C=O) groups excluding carboxylic acids is 1. The maximum Gasteiger partial charge on any atom is 0.326 e. The van der Waals surface area contributed by atoms with Crippen LogP contribution < -0.4 is 5.32 Å². The van der Waals surface area contributed by atoms with Crippen molar-refractivity contribution in [1.82, 2.24) is 10.2 Å². The van der Waals surface area contributed by atoms with E-state index in [-0.39, 0.29) is 11.9 Å². The minimum atomic E-state index is -0.996. The Morgan fingerprint density at radius 2 is 1.67 bits per heavy atom. The summed E-state index contributed by atoms with van der Waals surface area (Å²) in [5.41, 5.74) is -0.897. The Balaban J connectivity index is 2.75. The summed E-state index contributed by atoms with van der Waals surface area (Å²) >= 11 is 0. The highest BCUT2D eigenvalue weighted by Crippen LogP contribution is 2.28. The summed E-state index contributed by atoms with van der Waals surface area (Å²) < 4.78 is 5.92. The second-order valence-electron chi connectivity index (χ2n) is 7.45. The van der Waals surface area contributed by atoms with Crippen molar-refractivity contribution in [2.75, 3.05) is 13.1 Å². The Hall–Kier alpha value is -1.30. The largest absolute Gasteiger partial charge is 0.480 e. The number of rotatable bonds is 4. The summed E-state index contributed by atoms with van der Waals surface area (Å²) in [6.45, 7) is 12.5. The molecular weight excluding hydrogens is 272 g/mol. The average molecular weight is 300 g/mol. The summed E-state index contributed by atoms with van der Waals surface area (Å²) in [6, 6.07) is -1.20. The number of amides is 2. The molecule has 21 heavy (non-hydrogen) atoms. The maximum absolute atomic E-state index is 12.4. The second-order valence-corrected chi connectivity index (χ2v) is 7.45. The highest BCUT2D eigenvalue weighted by Gasteiger charge is 2.40. The van der Waals surface area contributed by atoms with Gasteiger partial charge in [-0.1, -0.05) is 13.8 Å². The number of nitrogens with zero attached hydrogens (tertiary/aromatic N) is 1. The molecule has 1 rings (SSSR count). The van der Waals surface area contributed by atoms with E-state index in [1.165, 1.54) is 0 Å². The SMILES string of the molecule is CC(C)C[C@@H](NC(=O)N1CC(C)(C)OC(C)(C)C1)C(=O)O. The van der Waals surface area contributed by atoms with Gasteiger partial charge >= 0.3 is 12.0 Å². The lowest BCUT2D eigenvalue weighted by atomic mass is 9.99. The van der Waals surface area contributed by atoms with Crippen LogP contribution in [0.25, 0.3) is 0 Å². The second kappa shape index (κ2) is 6.22. The van der Waals surface area contributed by atoms with Gasteiger partial charge in [0.25, 0.3) is 0 Å². The van der Waals surface area contributed by atoms with Crippen LogP contribution in [0.4, 0.5) is 4.79 Å². The molecule has 2 amide bonds. The molecule has 0 bridgehead atoms. The Morgan fingerprint density at radius 1 is 1.19 bits per heavy atom. The Bertz CT molecular complexity index is 388. The molecule has 0 unspecified atom stereocenters. The van der Waals surface area contributed by atoms with Gasteiger partial charge in [-0.25, -0.2) is 9.59 Å². The Kier molecular flexibility index (Phi) is 5.25. The number of morpholine rings is 1. The minimum absolute atomic E-state index is 0.198. The molecule has 1 heterocycles. The van der Waals surface area contributed by atoms with Crippen molar-refractivity contribution in [2.45, 2.75) is 65.2 Å². The molecule has 1 saturated heterocycles. The Labute approximate surface area is 126 Å². The molecule has 0 spiro atoms. The molecule has 6 nitrogen and oxygen atoms in total. The number of hydrogen-bond donors (Lipinski definition) is 2. The first-order chi connectivity index (χ1) is 9.42. The quantitative estimate of drug-likeness (QED) is 0.833. The van der Waals surface area contributed by atoms with Gasteiger partial charge in [-0.2, -0.15) is 0 Å². The number of ether oxygens (including phenoxy) is 1. The number of carbonyl (C=O) groups is 2. The van der Waals surface area contributed by atoms with E-state index in [2.05, 4.69) is 5.32 Å². The highest BCUT2D eigenvalue weighted by molar-refractivity contribution is 5.82. The lowest BCUT2D eigenvalue weighted by molar-refractivity contribution is -0.170. The molecule has 0 aromatic heterocycles. The lowest BCUT2D eigenvalue weighted by Gasteiger charge is -2.47. The summed E-state index contributed by atoms with van der Waals surface area (Å²) in [5, 5.41) is 11.8.